The number of aromatic amines is 1. The molecule has 0 atom stereocenters. The van der Waals surface area contributed by atoms with E-state index in [2.05, 4.69) is 4.98 Å². The minimum absolute atomic E-state index is 0. The predicted octanol–water partition coefficient (Wildman–Crippen LogP) is 0.315. The molecule has 1 aromatic heterocycles. The van der Waals surface area contributed by atoms with E-state index in [1.54, 1.807) is 0 Å². The van der Waals surface area contributed by atoms with Crippen molar-refractivity contribution in [1.29, 1.82) is 0 Å². The molecule has 4 nitrogen and oxygen atoms in total. The fourth-order valence-corrected chi connectivity index (χ4v) is 0.548. The highest BCUT2D eigenvalue weighted by Gasteiger charge is 1.95. The molecule has 0 amide bonds. The molecule has 0 saturated carbocycles. The fourth-order valence-electron chi connectivity index (χ4n) is 0.548. The van der Waals surface area contributed by atoms with Crippen LogP contribution in [0.4, 0.5) is 0 Å². The molecule has 1 heterocycles. The Morgan fingerprint density at radius 2 is 2.18 bits per heavy atom. The maximum absolute atomic E-state index is 10.6. The molecule has 11 heavy (non-hydrogen) atoms. The van der Waals surface area contributed by atoms with Gasteiger partial charge in [-0.2, -0.15) is 0 Å². The molecule has 0 radical (unpaired) electrons. The topological polar surface area (TPSA) is 70.2 Å². The largest absolute Gasteiger partial charge is 0.503 e. The average molecular weight is 176 g/mol. The molecule has 5 heteroatoms. The number of aromatic nitrogens is 1. The fraction of sp³-hybridized carbons (Fsp3) is 0. The van der Waals surface area contributed by atoms with Gasteiger partial charge in [0.1, 0.15) is 0 Å². The van der Waals surface area contributed by atoms with Crippen LogP contribution in [0.2, 0.25) is 0 Å². The van der Waals surface area contributed by atoms with Crippen molar-refractivity contribution >= 4 is 18.7 Å². The van der Waals surface area contributed by atoms with Gasteiger partial charge in [0, 0.05) is 12.3 Å². The van der Waals surface area contributed by atoms with Crippen LogP contribution in [0.25, 0.3) is 0 Å². The lowest BCUT2D eigenvalue weighted by Crippen LogP contribution is -2.01. The zero-order valence-electron chi connectivity index (χ0n) is 5.40. The quantitative estimate of drug-likeness (QED) is 0.604. The van der Waals surface area contributed by atoms with E-state index in [0.29, 0.717) is 6.29 Å². The highest BCUT2D eigenvalue weighted by molar-refractivity contribution is 5.85. The number of hydrogen-bond acceptors (Lipinski definition) is 3. The van der Waals surface area contributed by atoms with E-state index < -0.39 is 5.43 Å². The highest BCUT2D eigenvalue weighted by atomic mass is 35.5. The molecule has 0 fully saturated rings. The van der Waals surface area contributed by atoms with Crippen molar-refractivity contribution in [2.24, 2.45) is 0 Å². The van der Waals surface area contributed by atoms with E-state index in [9.17, 15) is 9.59 Å². The van der Waals surface area contributed by atoms with E-state index in [4.69, 9.17) is 5.11 Å². The Morgan fingerprint density at radius 1 is 1.55 bits per heavy atom. The van der Waals surface area contributed by atoms with Crippen molar-refractivity contribution in [1.82, 2.24) is 4.98 Å². The van der Waals surface area contributed by atoms with Crippen molar-refractivity contribution < 1.29 is 9.90 Å². The molecule has 0 aromatic carbocycles. The number of carbonyl (C=O) groups is 1. The second-order valence-corrected chi connectivity index (χ2v) is 1.76. The minimum Gasteiger partial charge on any atom is -0.503 e. The normalized spacial score (nSPS) is 8.36. The van der Waals surface area contributed by atoms with E-state index in [-0.39, 0.29) is 23.9 Å². The van der Waals surface area contributed by atoms with Gasteiger partial charge in [-0.15, -0.1) is 12.4 Å². The Balaban J connectivity index is 0.000001000. The summed E-state index contributed by atoms with van der Waals surface area (Å²) in [6.45, 7) is 0. The molecule has 0 aliphatic rings. The molecule has 2 N–H and O–H groups in total. The van der Waals surface area contributed by atoms with Gasteiger partial charge in [0.15, 0.2) is 12.0 Å². The summed E-state index contributed by atoms with van der Waals surface area (Å²) in [5.74, 6) is -0.384. The molecule has 1 rings (SSSR count). The summed E-state index contributed by atoms with van der Waals surface area (Å²) in [6.07, 6.45) is 1.58. The summed E-state index contributed by atoms with van der Waals surface area (Å²) in [4.78, 5) is 23.0. The lowest BCUT2D eigenvalue weighted by Gasteiger charge is -1.89. The molecular weight excluding hydrogens is 170 g/mol. The first-order valence-electron chi connectivity index (χ1n) is 2.61. The lowest BCUT2D eigenvalue weighted by atomic mass is 10.3. The van der Waals surface area contributed by atoms with Gasteiger partial charge in [-0.3, -0.25) is 9.59 Å². The van der Waals surface area contributed by atoms with Crippen LogP contribution in [0.5, 0.6) is 5.75 Å². The van der Waals surface area contributed by atoms with Crippen molar-refractivity contribution in [2.45, 2.75) is 0 Å². The van der Waals surface area contributed by atoms with E-state index >= 15 is 0 Å². The van der Waals surface area contributed by atoms with Gasteiger partial charge in [-0.05, 0) is 0 Å². The molecule has 0 saturated heterocycles. The van der Waals surface area contributed by atoms with E-state index in [0.717, 1.165) is 12.3 Å². The molecule has 0 bridgehead atoms. The average Bonchev–Trinajstić information content (AvgIpc) is 1.95. The summed E-state index contributed by atoms with van der Waals surface area (Å²) in [7, 11) is 0. The van der Waals surface area contributed by atoms with Gasteiger partial charge < -0.3 is 10.1 Å². The van der Waals surface area contributed by atoms with Crippen molar-refractivity contribution in [2.75, 3.05) is 0 Å². The Bertz CT molecular complexity index is 307. The van der Waals surface area contributed by atoms with Crippen LogP contribution >= 0.6 is 12.4 Å². The molecule has 0 aliphatic heterocycles. The molecule has 0 aliphatic carbocycles. The van der Waals surface area contributed by atoms with E-state index in [1.807, 2.05) is 0 Å². The molecule has 60 valence electrons. The van der Waals surface area contributed by atoms with Crippen LogP contribution in [0.15, 0.2) is 17.1 Å². The number of carbonyl (C=O) groups excluding carboxylic acids is 1. The summed E-state index contributed by atoms with van der Waals surface area (Å²) in [5.41, 5.74) is -0.399. The Hall–Kier alpha value is -1.29. The number of rotatable bonds is 1. The monoisotopic (exact) mass is 175 g/mol. The molecule has 0 unspecified atom stereocenters. The number of nitrogens with one attached hydrogen (secondary N) is 1. The van der Waals surface area contributed by atoms with Gasteiger partial charge in [0.05, 0.1) is 5.69 Å². The lowest BCUT2D eigenvalue weighted by molar-refractivity contribution is 0.111. The first-order chi connectivity index (χ1) is 4.74. The van der Waals surface area contributed by atoms with Crippen molar-refractivity contribution in [3.05, 3.63) is 28.2 Å². The summed E-state index contributed by atoms with van der Waals surface area (Å²) < 4.78 is 0. The maximum Gasteiger partial charge on any atom is 0.223 e. The Labute approximate surface area is 68.3 Å². The third kappa shape index (κ3) is 2.09. The predicted molar refractivity (Wildman–Crippen MR) is 41.4 cm³/mol. The van der Waals surface area contributed by atoms with Gasteiger partial charge in [0.2, 0.25) is 5.43 Å². The van der Waals surface area contributed by atoms with Crippen LogP contribution in [0, 0.1) is 0 Å². The highest BCUT2D eigenvalue weighted by Crippen LogP contribution is 1.95. The van der Waals surface area contributed by atoms with Gasteiger partial charge in [0.25, 0.3) is 0 Å². The summed E-state index contributed by atoms with van der Waals surface area (Å²) >= 11 is 0. The smallest absolute Gasteiger partial charge is 0.223 e. The van der Waals surface area contributed by atoms with Crippen LogP contribution in [-0.2, 0) is 0 Å². The first-order valence-corrected chi connectivity index (χ1v) is 2.61. The molecule has 1 aromatic rings. The van der Waals surface area contributed by atoms with Gasteiger partial charge in [-0.25, -0.2) is 0 Å². The second kappa shape index (κ2) is 3.78. The molecular formula is C6H6ClNO3. The third-order valence-corrected chi connectivity index (χ3v) is 1.04. The van der Waals surface area contributed by atoms with Crippen molar-refractivity contribution in [3.8, 4) is 5.75 Å². The maximum atomic E-state index is 10.6. The molecule has 0 spiro atoms. The number of aromatic hydroxyl groups is 1. The zero-order chi connectivity index (χ0) is 7.56. The number of aldehydes is 1. The zero-order valence-corrected chi connectivity index (χ0v) is 6.22. The van der Waals surface area contributed by atoms with Crippen LogP contribution in [0.3, 0.4) is 0 Å². The SMILES string of the molecule is Cl.O=Cc1cc(=O)c(O)c[nH]1. The Morgan fingerprint density at radius 3 is 2.64 bits per heavy atom. The van der Waals surface area contributed by atoms with Crippen molar-refractivity contribution in [3.63, 3.8) is 0 Å². The summed E-state index contributed by atoms with van der Waals surface area (Å²) in [5, 5.41) is 8.68. The van der Waals surface area contributed by atoms with Crippen LogP contribution in [0.1, 0.15) is 10.5 Å². The summed E-state index contributed by atoms with van der Waals surface area (Å²) in [6, 6.07) is 1.03. The second-order valence-electron chi connectivity index (χ2n) is 1.76. The first kappa shape index (κ1) is 9.71. The number of halogens is 1. The van der Waals surface area contributed by atoms with Gasteiger partial charge in [-0.1, -0.05) is 0 Å². The van der Waals surface area contributed by atoms with E-state index in [1.165, 1.54) is 0 Å². The Kier molecular flexibility index (Phi) is 3.33. The number of hydrogen-bond donors (Lipinski definition) is 2. The van der Waals surface area contributed by atoms with Crippen LogP contribution < -0.4 is 5.43 Å². The number of H-pyrrole nitrogens is 1. The number of pyridine rings is 1. The standard InChI is InChI=1S/C6H5NO3.ClH/c8-3-4-1-5(9)6(10)2-7-4;/h1-3,10H,(H,7,9);1H. The third-order valence-electron chi connectivity index (χ3n) is 1.04. The van der Waals surface area contributed by atoms with Crippen LogP contribution in [-0.4, -0.2) is 16.4 Å². The minimum atomic E-state index is -0.555. The van der Waals surface area contributed by atoms with Gasteiger partial charge >= 0.3 is 0 Å².